The minimum Gasteiger partial charge on any atom is -0.337 e. The smallest absolute Gasteiger partial charge is 0.253 e. The number of carbonyl (C=O) groups is 1. The number of hydrogen-bond donors (Lipinski definition) is 0. The molecule has 29 heavy (non-hydrogen) atoms. The maximum atomic E-state index is 13.1. The molecule has 2 aliphatic heterocycles. The Bertz CT molecular complexity index is 833. The van der Waals surface area contributed by atoms with Crippen LogP contribution in [-0.4, -0.2) is 59.4 Å². The van der Waals surface area contributed by atoms with Gasteiger partial charge < -0.3 is 4.90 Å². The van der Waals surface area contributed by atoms with Gasteiger partial charge in [-0.15, -0.1) is 0 Å². The lowest BCUT2D eigenvalue weighted by molar-refractivity contribution is 0.0759. The van der Waals surface area contributed by atoms with Crippen LogP contribution in [0, 0.1) is 0 Å². The molecule has 1 amide bonds. The van der Waals surface area contributed by atoms with Crippen LogP contribution in [0.2, 0.25) is 0 Å². The van der Waals surface area contributed by atoms with Crippen molar-refractivity contribution in [3.63, 3.8) is 0 Å². The summed E-state index contributed by atoms with van der Waals surface area (Å²) in [5.41, 5.74) is 4.93. The molecule has 0 radical (unpaired) electrons. The second-order valence-corrected chi connectivity index (χ2v) is 8.71. The summed E-state index contributed by atoms with van der Waals surface area (Å²) in [5, 5.41) is 0. The number of fused-ring (bicyclic) bond motifs is 1. The molecule has 0 N–H and O–H groups in total. The molecule has 0 spiro atoms. The Balaban J connectivity index is 1.40. The maximum Gasteiger partial charge on any atom is 0.253 e. The predicted octanol–water partition coefficient (Wildman–Crippen LogP) is 3.80. The highest BCUT2D eigenvalue weighted by molar-refractivity contribution is 5.94. The Morgan fingerprint density at radius 3 is 2.55 bits per heavy atom. The first-order valence-corrected chi connectivity index (χ1v) is 11.0. The van der Waals surface area contributed by atoms with Crippen LogP contribution in [0.5, 0.6) is 0 Å². The molecule has 0 bridgehead atoms. The number of benzene rings is 2. The van der Waals surface area contributed by atoms with Gasteiger partial charge in [0.1, 0.15) is 0 Å². The summed E-state index contributed by atoms with van der Waals surface area (Å²) in [7, 11) is 0. The van der Waals surface area contributed by atoms with Crippen molar-refractivity contribution in [2.75, 3.05) is 32.7 Å². The summed E-state index contributed by atoms with van der Waals surface area (Å²) in [6.45, 7) is 11.2. The highest BCUT2D eigenvalue weighted by Crippen LogP contribution is 2.23. The molecule has 4 heteroatoms. The molecule has 0 aliphatic carbocycles. The Kier molecular flexibility index (Phi) is 6.31. The van der Waals surface area contributed by atoms with E-state index in [2.05, 4.69) is 71.0 Å². The zero-order valence-electron chi connectivity index (χ0n) is 17.8. The summed E-state index contributed by atoms with van der Waals surface area (Å²) in [6, 6.07) is 17.6. The lowest BCUT2D eigenvalue weighted by atomic mass is 9.96. The second-order valence-electron chi connectivity index (χ2n) is 8.71. The van der Waals surface area contributed by atoms with Crippen LogP contribution in [0.15, 0.2) is 48.5 Å². The molecule has 1 saturated heterocycles. The van der Waals surface area contributed by atoms with Crippen LogP contribution in [0.3, 0.4) is 0 Å². The van der Waals surface area contributed by atoms with E-state index in [1.54, 1.807) is 0 Å². The highest BCUT2D eigenvalue weighted by atomic mass is 16.2. The van der Waals surface area contributed by atoms with Gasteiger partial charge in [0.2, 0.25) is 0 Å². The van der Waals surface area contributed by atoms with Gasteiger partial charge in [-0.25, -0.2) is 0 Å². The third-order valence-electron chi connectivity index (χ3n) is 6.34. The number of carbonyl (C=O) groups excluding carboxylic acids is 1. The van der Waals surface area contributed by atoms with Gasteiger partial charge in [-0.05, 0) is 55.5 Å². The van der Waals surface area contributed by atoms with Crippen LogP contribution in [0.25, 0.3) is 0 Å². The average molecular weight is 392 g/mol. The molecule has 2 heterocycles. The predicted molar refractivity (Wildman–Crippen MR) is 118 cm³/mol. The molecular weight excluding hydrogens is 358 g/mol. The quantitative estimate of drug-likeness (QED) is 0.793. The van der Waals surface area contributed by atoms with Crippen LogP contribution in [0.1, 0.15) is 47.3 Å². The molecule has 2 aromatic rings. The van der Waals surface area contributed by atoms with E-state index in [-0.39, 0.29) is 5.91 Å². The van der Waals surface area contributed by atoms with Crippen LogP contribution in [0.4, 0.5) is 0 Å². The van der Waals surface area contributed by atoms with Gasteiger partial charge in [-0.2, -0.15) is 0 Å². The molecular formula is C25H33N3O. The van der Waals surface area contributed by atoms with Crippen LogP contribution >= 0.6 is 0 Å². The normalized spacial score (nSPS) is 18.5. The average Bonchev–Trinajstić information content (AvgIpc) is 3.00. The van der Waals surface area contributed by atoms with Gasteiger partial charge in [-0.3, -0.25) is 14.6 Å². The van der Waals surface area contributed by atoms with Gasteiger partial charge >= 0.3 is 0 Å². The van der Waals surface area contributed by atoms with Crippen molar-refractivity contribution in [3.8, 4) is 0 Å². The molecule has 0 atom stereocenters. The Morgan fingerprint density at radius 1 is 0.931 bits per heavy atom. The maximum absolute atomic E-state index is 13.1. The first-order chi connectivity index (χ1) is 14.1. The lowest BCUT2D eigenvalue weighted by Gasteiger charge is -2.29. The topological polar surface area (TPSA) is 26.8 Å². The summed E-state index contributed by atoms with van der Waals surface area (Å²) in [5.74, 6) is 0.199. The van der Waals surface area contributed by atoms with Crippen LogP contribution in [-0.2, 0) is 19.5 Å². The van der Waals surface area contributed by atoms with Crippen molar-refractivity contribution in [3.05, 3.63) is 70.8 Å². The van der Waals surface area contributed by atoms with E-state index in [0.717, 1.165) is 64.2 Å². The van der Waals surface area contributed by atoms with E-state index in [4.69, 9.17) is 0 Å². The fourth-order valence-electron chi connectivity index (χ4n) is 4.56. The fraction of sp³-hybridized carbons (Fsp3) is 0.480. The first-order valence-electron chi connectivity index (χ1n) is 11.0. The zero-order chi connectivity index (χ0) is 20.2. The highest BCUT2D eigenvalue weighted by Gasteiger charge is 2.23. The number of hydrogen-bond acceptors (Lipinski definition) is 3. The van der Waals surface area contributed by atoms with E-state index in [1.807, 2.05) is 6.07 Å². The number of amides is 1. The first kappa shape index (κ1) is 20.1. The standard InChI is InChI=1S/C25H33N3O/c1-20(2)27-12-6-13-28(16-15-27)25(29)23-9-10-24-19-26(14-11-22(24)17-23)18-21-7-4-3-5-8-21/h3-5,7-10,17,20H,6,11-16,18-19H2,1-2H3. The molecule has 154 valence electrons. The summed E-state index contributed by atoms with van der Waals surface area (Å²) >= 11 is 0. The monoisotopic (exact) mass is 391 g/mol. The third kappa shape index (κ3) is 4.88. The lowest BCUT2D eigenvalue weighted by Crippen LogP contribution is -2.37. The molecule has 4 nitrogen and oxygen atoms in total. The van der Waals surface area contributed by atoms with E-state index in [0.29, 0.717) is 6.04 Å². The van der Waals surface area contributed by atoms with Crippen LogP contribution < -0.4 is 0 Å². The Hall–Kier alpha value is -2.17. The molecule has 0 unspecified atom stereocenters. The molecule has 0 aromatic heterocycles. The zero-order valence-corrected chi connectivity index (χ0v) is 17.8. The minimum absolute atomic E-state index is 0.199. The largest absolute Gasteiger partial charge is 0.337 e. The molecule has 1 fully saturated rings. The molecule has 4 rings (SSSR count). The van der Waals surface area contributed by atoms with E-state index in [9.17, 15) is 4.79 Å². The van der Waals surface area contributed by atoms with E-state index < -0.39 is 0 Å². The fourth-order valence-corrected chi connectivity index (χ4v) is 4.56. The van der Waals surface area contributed by atoms with Crippen molar-refractivity contribution in [1.29, 1.82) is 0 Å². The summed E-state index contributed by atoms with van der Waals surface area (Å²) < 4.78 is 0. The van der Waals surface area contributed by atoms with Crippen molar-refractivity contribution in [1.82, 2.24) is 14.7 Å². The Labute approximate surface area is 175 Å². The van der Waals surface area contributed by atoms with Gasteiger partial charge in [0.05, 0.1) is 0 Å². The molecule has 0 saturated carbocycles. The van der Waals surface area contributed by atoms with E-state index in [1.165, 1.54) is 16.7 Å². The SMILES string of the molecule is CC(C)N1CCCN(C(=O)c2ccc3c(c2)CCN(Cc2ccccc2)C3)CC1. The number of nitrogens with zero attached hydrogens (tertiary/aromatic N) is 3. The third-order valence-corrected chi connectivity index (χ3v) is 6.34. The van der Waals surface area contributed by atoms with Gasteiger partial charge in [0, 0.05) is 57.4 Å². The molecule has 2 aliphatic rings. The Morgan fingerprint density at radius 2 is 1.76 bits per heavy atom. The summed E-state index contributed by atoms with van der Waals surface area (Å²) in [6.07, 6.45) is 2.08. The van der Waals surface area contributed by atoms with Crippen molar-refractivity contribution in [2.24, 2.45) is 0 Å². The van der Waals surface area contributed by atoms with Gasteiger partial charge in [-0.1, -0.05) is 36.4 Å². The second kappa shape index (κ2) is 9.10. The van der Waals surface area contributed by atoms with E-state index >= 15 is 0 Å². The van der Waals surface area contributed by atoms with Crippen molar-refractivity contribution >= 4 is 5.91 Å². The summed E-state index contributed by atoms with van der Waals surface area (Å²) in [4.78, 5) is 20.1. The van der Waals surface area contributed by atoms with Crippen molar-refractivity contribution < 1.29 is 4.79 Å². The molecule has 2 aromatic carbocycles. The van der Waals surface area contributed by atoms with Gasteiger partial charge in [0.15, 0.2) is 0 Å². The number of rotatable bonds is 4. The van der Waals surface area contributed by atoms with Crippen molar-refractivity contribution in [2.45, 2.75) is 45.8 Å². The minimum atomic E-state index is 0.199. The van der Waals surface area contributed by atoms with Gasteiger partial charge in [0.25, 0.3) is 5.91 Å².